The summed E-state index contributed by atoms with van der Waals surface area (Å²) >= 11 is 6.10. The number of nitrogen functional groups attached to an aromatic ring is 1. The van der Waals surface area contributed by atoms with Crippen LogP contribution in [-0.2, 0) is 9.53 Å². The van der Waals surface area contributed by atoms with E-state index in [1.54, 1.807) is 13.2 Å². The van der Waals surface area contributed by atoms with Crippen molar-refractivity contribution in [1.29, 1.82) is 0 Å². The minimum atomic E-state index is -0.268. The third-order valence-corrected chi connectivity index (χ3v) is 6.48. The molecule has 2 atom stereocenters. The molecule has 32 heavy (non-hydrogen) atoms. The number of piperidine rings is 1. The Balaban J connectivity index is 0.00000363. The molecule has 0 bridgehead atoms. The highest BCUT2D eigenvalue weighted by atomic mass is 35.5. The minimum Gasteiger partial charge on any atom is -0.496 e. The summed E-state index contributed by atoms with van der Waals surface area (Å²) in [6.07, 6.45) is 4.29. The number of hydrogen-bond donors (Lipinski definition) is 2. The van der Waals surface area contributed by atoms with Crippen molar-refractivity contribution in [2.45, 2.75) is 44.2 Å². The Morgan fingerprint density at radius 1 is 1.22 bits per heavy atom. The quantitative estimate of drug-likeness (QED) is 0.551. The van der Waals surface area contributed by atoms with Gasteiger partial charge in [0, 0.05) is 45.8 Å². The van der Waals surface area contributed by atoms with E-state index in [2.05, 4.69) is 10.2 Å². The first kappa shape index (κ1) is 26.2. The molecule has 180 valence electrons. The van der Waals surface area contributed by atoms with Crippen molar-refractivity contribution in [2.75, 3.05) is 52.7 Å². The van der Waals surface area contributed by atoms with Gasteiger partial charge in [-0.2, -0.15) is 0 Å². The van der Waals surface area contributed by atoms with Crippen LogP contribution in [0, 0.1) is 0 Å². The zero-order valence-electron chi connectivity index (χ0n) is 18.9. The number of halogens is 1. The predicted octanol–water partition coefficient (Wildman–Crippen LogP) is 1.33. The number of amides is 2. The topological polar surface area (TPSA) is 129 Å². The number of benzene rings is 1. The summed E-state index contributed by atoms with van der Waals surface area (Å²) in [5.74, 6) is 0.378. The van der Waals surface area contributed by atoms with Gasteiger partial charge in [-0.15, -0.1) is 0 Å². The highest BCUT2D eigenvalue weighted by molar-refractivity contribution is 6.33. The first-order chi connectivity index (χ1) is 14.9. The van der Waals surface area contributed by atoms with Gasteiger partial charge < -0.3 is 35.8 Å². The molecule has 2 fully saturated rings. The number of nitrogens with zero attached hydrogens (tertiary/aromatic N) is 2. The van der Waals surface area contributed by atoms with Crippen LogP contribution < -0.4 is 15.8 Å². The summed E-state index contributed by atoms with van der Waals surface area (Å²) in [5.41, 5.74) is 6.52. The van der Waals surface area contributed by atoms with Crippen LogP contribution in [0.4, 0.5) is 5.69 Å². The number of nitrogens with two attached hydrogens (primary N) is 1. The zero-order chi connectivity index (χ0) is 22.4. The maximum absolute atomic E-state index is 12.9. The largest absolute Gasteiger partial charge is 0.496 e. The monoisotopic (exact) mass is 470 g/mol. The van der Waals surface area contributed by atoms with Crippen molar-refractivity contribution >= 4 is 29.1 Å². The number of likely N-dealkylation sites (tertiary alicyclic amines) is 2. The second kappa shape index (κ2) is 12.2. The summed E-state index contributed by atoms with van der Waals surface area (Å²) in [6.45, 7) is 4.20. The van der Waals surface area contributed by atoms with E-state index < -0.39 is 0 Å². The number of methoxy groups -OCH3 is 2. The highest BCUT2D eigenvalue weighted by Crippen LogP contribution is 2.29. The molecule has 5 N–H and O–H groups in total. The number of rotatable bonds is 8. The molecule has 10 heteroatoms. The van der Waals surface area contributed by atoms with Crippen molar-refractivity contribution in [3.63, 3.8) is 0 Å². The molecule has 0 aliphatic carbocycles. The van der Waals surface area contributed by atoms with Crippen LogP contribution in [0.15, 0.2) is 12.1 Å². The van der Waals surface area contributed by atoms with Gasteiger partial charge in [0.2, 0.25) is 5.91 Å². The lowest BCUT2D eigenvalue weighted by atomic mass is 10.0. The third kappa shape index (κ3) is 6.48. The SMILES string of the molecule is COc1cc(N)c(Cl)cc1C(=O)NC1CCN(CCCC(=O)N2CCCC2)CC1OC.O. The lowest BCUT2D eigenvalue weighted by Crippen LogP contribution is -2.55. The van der Waals surface area contributed by atoms with Gasteiger partial charge in [-0.05, 0) is 38.3 Å². The Morgan fingerprint density at radius 2 is 1.94 bits per heavy atom. The summed E-state index contributed by atoms with van der Waals surface area (Å²) in [4.78, 5) is 29.4. The van der Waals surface area contributed by atoms with Gasteiger partial charge in [-0.1, -0.05) is 11.6 Å². The van der Waals surface area contributed by atoms with E-state index in [0.29, 0.717) is 35.0 Å². The molecular formula is C22H35ClN4O5. The molecule has 2 heterocycles. The normalized spacial score (nSPS) is 21.2. The molecule has 3 rings (SSSR count). The van der Waals surface area contributed by atoms with E-state index in [0.717, 1.165) is 51.9 Å². The molecule has 0 aromatic heterocycles. The van der Waals surface area contributed by atoms with E-state index in [1.165, 1.54) is 13.2 Å². The molecule has 2 unspecified atom stereocenters. The Labute approximate surface area is 194 Å². The van der Waals surface area contributed by atoms with Crippen molar-refractivity contribution in [1.82, 2.24) is 15.1 Å². The summed E-state index contributed by atoms with van der Waals surface area (Å²) in [6, 6.07) is 2.96. The second-order valence-corrected chi connectivity index (χ2v) is 8.62. The molecule has 2 saturated heterocycles. The Kier molecular flexibility index (Phi) is 10.0. The Bertz CT molecular complexity index is 788. The molecule has 9 nitrogen and oxygen atoms in total. The first-order valence-electron chi connectivity index (χ1n) is 10.9. The molecule has 0 spiro atoms. The average molecular weight is 471 g/mol. The van der Waals surface area contributed by atoms with Crippen LogP contribution in [0.1, 0.15) is 42.5 Å². The molecule has 0 radical (unpaired) electrons. The molecule has 1 aromatic carbocycles. The van der Waals surface area contributed by atoms with Crippen LogP contribution in [0.25, 0.3) is 0 Å². The second-order valence-electron chi connectivity index (χ2n) is 8.21. The third-order valence-electron chi connectivity index (χ3n) is 6.15. The van der Waals surface area contributed by atoms with Gasteiger partial charge in [-0.25, -0.2) is 0 Å². The average Bonchev–Trinajstić information content (AvgIpc) is 3.31. The Hall–Kier alpha value is -2.07. The first-order valence-corrected chi connectivity index (χ1v) is 11.3. The van der Waals surface area contributed by atoms with Gasteiger partial charge in [0.1, 0.15) is 5.75 Å². The van der Waals surface area contributed by atoms with Crippen LogP contribution in [0.5, 0.6) is 5.75 Å². The number of hydrogen-bond acceptors (Lipinski definition) is 6. The van der Waals surface area contributed by atoms with Crippen molar-refractivity contribution < 1.29 is 24.5 Å². The standard InChI is InChI=1S/C22H33ClN4O4.H2O/c1-30-19-13-17(24)16(23)12-15(19)22(29)25-18-7-11-26(14-20(18)31-2)8-5-6-21(28)27-9-3-4-10-27;/h12-13,18,20H,3-11,14,24H2,1-2H3,(H,25,29);1H2. The maximum atomic E-state index is 12.9. The fourth-order valence-electron chi connectivity index (χ4n) is 4.33. The van der Waals surface area contributed by atoms with Gasteiger partial charge in [0.05, 0.1) is 35.5 Å². The summed E-state index contributed by atoms with van der Waals surface area (Å²) in [7, 11) is 3.15. The van der Waals surface area contributed by atoms with E-state index >= 15 is 0 Å². The van der Waals surface area contributed by atoms with E-state index in [1.807, 2.05) is 4.90 Å². The van der Waals surface area contributed by atoms with Crippen LogP contribution in [0.2, 0.25) is 5.02 Å². The Morgan fingerprint density at radius 3 is 2.59 bits per heavy atom. The summed E-state index contributed by atoms with van der Waals surface area (Å²) < 4.78 is 11.0. The number of carbonyl (C=O) groups excluding carboxylic acids is 2. The van der Waals surface area contributed by atoms with Gasteiger partial charge in [0.25, 0.3) is 5.91 Å². The lowest BCUT2D eigenvalue weighted by molar-refractivity contribution is -0.130. The van der Waals surface area contributed by atoms with Gasteiger partial charge in [-0.3, -0.25) is 9.59 Å². The molecule has 2 amide bonds. The van der Waals surface area contributed by atoms with Gasteiger partial charge in [0.15, 0.2) is 0 Å². The van der Waals surface area contributed by atoms with Gasteiger partial charge >= 0.3 is 0 Å². The van der Waals surface area contributed by atoms with Crippen molar-refractivity contribution in [3.05, 3.63) is 22.7 Å². The van der Waals surface area contributed by atoms with Crippen LogP contribution in [0.3, 0.4) is 0 Å². The van der Waals surface area contributed by atoms with E-state index in [4.69, 9.17) is 26.8 Å². The lowest BCUT2D eigenvalue weighted by Gasteiger charge is -2.38. The van der Waals surface area contributed by atoms with Crippen molar-refractivity contribution in [2.24, 2.45) is 0 Å². The molecule has 2 aliphatic rings. The number of nitrogens with one attached hydrogen (secondary N) is 1. The van der Waals surface area contributed by atoms with E-state index in [-0.39, 0.29) is 29.4 Å². The van der Waals surface area contributed by atoms with Crippen molar-refractivity contribution in [3.8, 4) is 5.75 Å². The highest BCUT2D eigenvalue weighted by Gasteiger charge is 2.31. The fraction of sp³-hybridized carbons (Fsp3) is 0.636. The zero-order valence-corrected chi connectivity index (χ0v) is 19.6. The smallest absolute Gasteiger partial charge is 0.255 e. The van der Waals surface area contributed by atoms with E-state index in [9.17, 15) is 9.59 Å². The molecule has 0 saturated carbocycles. The molecule has 2 aliphatic heterocycles. The maximum Gasteiger partial charge on any atom is 0.255 e. The number of ether oxygens (including phenoxy) is 2. The number of anilines is 1. The number of carbonyl (C=O) groups is 2. The predicted molar refractivity (Wildman–Crippen MR) is 124 cm³/mol. The molecular weight excluding hydrogens is 436 g/mol. The summed E-state index contributed by atoms with van der Waals surface area (Å²) in [5, 5.41) is 3.37. The van der Waals surface area contributed by atoms with Crippen LogP contribution >= 0.6 is 11.6 Å². The molecule has 1 aromatic rings. The van der Waals surface area contributed by atoms with Crippen LogP contribution in [-0.4, -0.2) is 86.2 Å². The minimum absolute atomic E-state index is 0. The fourth-order valence-corrected chi connectivity index (χ4v) is 4.49.